The molecule has 0 radical (unpaired) electrons. The first-order valence-electron chi connectivity index (χ1n) is 5.36. The zero-order valence-electron chi connectivity index (χ0n) is 8.66. The number of aromatic nitrogens is 2. The lowest BCUT2D eigenvalue weighted by Gasteiger charge is -2.35. The summed E-state index contributed by atoms with van der Waals surface area (Å²) in [5.41, 5.74) is 0.229. The fourth-order valence-electron chi connectivity index (χ4n) is 2.21. The molecule has 1 aromatic heterocycles. The Hall–Kier alpha value is -0.960. The van der Waals surface area contributed by atoms with Gasteiger partial charge in [-0.2, -0.15) is 0 Å². The van der Waals surface area contributed by atoms with E-state index in [1.807, 2.05) is 18.5 Å². The topological polar surface area (TPSA) is 37.8 Å². The molecule has 2 rings (SSSR count). The molecule has 1 aliphatic rings. The standard InChI is InChI=1S/C11H17N3/c1-2-11(4-8-12-9-5-11)10-13-6-3-7-14-10/h3,6-7,12H,2,4-5,8-9H2,1H3. The molecule has 1 aliphatic heterocycles. The molecule has 0 spiro atoms. The smallest absolute Gasteiger partial charge is 0.134 e. The maximum Gasteiger partial charge on any atom is 0.134 e. The van der Waals surface area contributed by atoms with Crippen LogP contribution in [0.15, 0.2) is 18.5 Å². The van der Waals surface area contributed by atoms with Crippen LogP contribution in [0.4, 0.5) is 0 Å². The molecule has 3 nitrogen and oxygen atoms in total. The highest BCUT2D eigenvalue weighted by Crippen LogP contribution is 2.33. The average Bonchev–Trinajstić information content (AvgIpc) is 2.31. The Kier molecular flexibility index (Phi) is 2.77. The predicted octanol–water partition coefficient (Wildman–Crippen LogP) is 1.51. The third-order valence-corrected chi connectivity index (χ3v) is 3.28. The van der Waals surface area contributed by atoms with Crippen LogP contribution in [0.2, 0.25) is 0 Å². The molecule has 0 bridgehead atoms. The van der Waals surface area contributed by atoms with Crippen LogP contribution in [0, 0.1) is 0 Å². The minimum atomic E-state index is 0.229. The van der Waals surface area contributed by atoms with E-state index in [0.717, 1.165) is 38.2 Å². The third kappa shape index (κ3) is 1.64. The summed E-state index contributed by atoms with van der Waals surface area (Å²) in [6, 6.07) is 1.88. The van der Waals surface area contributed by atoms with Crippen molar-refractivity contribution in [1.29, 1.82) is 0 Å². The molecule has 2 heterocycles. The van der Waals surface area contributed by atoms with Gasteiger partial charge in [-0.1, -0.05) is 6.92 Å². The Morgan fingerprint density at radius 1 is 1.29 bits per heavy atom. The van der Waals surface area contributed by atoms with E-state index in [1.54, 1.807) is 0 Å². The van der Waals surface area contributed by atoms with Crippen LogP contribution in [0.5, 0.6) is 0 Å². The first-order chi connectivity index (χ1) is 6.87. The highest BCUT2D eigenvalue weighted by Gasteiger charge is 2.34. The van der Waals surface area contributed by atoms with Crippen molar-refractivity contribution in [2.24, 2.45) is 0 Å². The summed E-state index contributed by atoms with van der Waals surface area (Å²) in [5, 5.41) is 3.39. The van der Waals surface area contributed by atoms with Crippen molar-refractivity contribution in [3.63, 3.8) is 0 Å². The molecule has 3 heteroatoms. The summed E-state index contributed by atoms with van der Waals surface area (Å²) in [7, 11) is 0. The van der Waals surface area contributed by atoms with Crippen molar-refractivity contribution in [3.05, 3.63) is 24.3 Å². The SMILES string of the molecule is CCC1(c2ncccn2)CCNCC1. The molecule has 1 saturated heterocycles. The molecule has 0 amide bonds. The lowest BCUT2D eigenvalue weighted by Crippen LogP contribution is -2.40. The summed E-state index contributed by atoms with van der Waals surface area (Å²) in [5.74, 6) is 1.03. The fourth-order valence-corrected chi connectivity index (χ4v) is 2.21. The predicted molar refractivity (Wildman–Crippen MR) is 56.1 cm³/mol. The van der Waals surface area contributed by atoms with E-state index < -0.39 is 0 Å². The maximum absolute atomic E-state index is 4.41. The first-order valence-corrected chi connectivity index (χ1v) is 5.36. The molecule has 76 valence electrons. The van der Waals surface area contributed by atoms with Crippen LogP contribution >= 0.6 is 0 Å². The average molecular weight is 191 g/mol. The van der Waals surface area contributed by atoms with E-state index in [1.165, 1.54) is 0 Å². The van der Waals surface area contributed by atoms with E-state index in [2.05, 4.69) is 22.2 Å². The summed E-state index contributed by atoms with van der Waals surface area (Å²) < 4.78 is 0. The summed E-state index contributed by atoms with van der Waals surface area (Å²) in [6.45, 7) is 4.42. The summed E-state index contributed by atoms with van der Waals surface area (Å²) in [4.78, 5) is 8.81. The highest BCUT2D eigenvalue weighted by molar-refractivity contribution is 5.09. The molecule has 0 aliphatic carbocycles. The molecule has 1 N–H and O–H groups in total. The Bertz CT molecular complexity index is 278. The van der Waals surface area contributed by atoms with E-state index in [9.17, 15) is 0 Å². The lowest BCUT2D eigenvalue weighted by molar-refractivity contribution is 0.282. The molecule has 1 fully saturated rings. The second-order valence-corrected chi connectivity index (χ2v) is 3.96. The Morgan fingerprint density at radius 2 is 1.93 bits per heavy atom. The van der Waals surface area contributed by atoms with Gasteiger partial charge in [0.25, 0.3) is 0 Å². The van der Waals surface area contributed by atoms with Gasteiger partial charge in [0.05, 0.1) is 0 Å². The van der Waals surface area contributed by atoms with Gasteiger partial charge >= 0.3 is 0 Å². The van der Waals surface area contributed by atoms with Crippen molar-refractivity contribution in [2.45, 2.75) is 31.6 Å². The third-order valence-electron chi connectivity index (χ3n) is 3.28. The van der Waals surface area contributed by atoms with Gasteiger partial charge < -0.3 is 5.32 Å². The number of rotatable bonds is 2. The van der Waals surface area contributed by atoms with Crippen LogP contribution in [0.1, 0.15) is 32.0 Å². The van der Waals surface area contributed by atoms with Gasteiger partial charge in [-0.05, 0) is 38.4 Å². The van der Waals surface area contributed by atoms with Gasteiger partial charge in [0.2, 0.25) is 0 Å². The fraction of sp³-hybridized carbons (Fsp3) is 0.636. The van der Waals surface area contributed by atoms with Gasteiger partial charge in [0, 0.05) is 17.8 Å². The molecule has 1 aromatic rings. The number of nitrogens with one attached hydrogen (secondary N) is 1. The minimum absolute atomic E-state index is 0.229. The molecule has 14 heavy (non-hydrogen) atoms. The van der Waals surface area contributed by atoms with Crippen LogP contribution in [0.25, 0.3) is 0 Å². The number of piperidine rings is 1. The van der Waals surface area contributed by atoms with Crippen LogP contribution in [-0.4, -0.2) is 23.1 Å². The Morgan fingerprint density at radius 3 is 2.50 bits per heavy atom. The lowest BCUT2D eigenvalue weighted by atomic mass is 9.76. The minimum Gasteiger partial charge on any atom is -0.317 e. The van der Waals surface area contributed by atoms with Gasteiger partial charge in [-0.25, -0.2) is 9.97 Å². The van der Waals surface area contributed by atoms with E-state index in [0.29, 0.717) is 0 Å². The Labute approximate surface area is 85.0 Å². The second-order valence-electron chi connectivity index (χ2n) is 3.96. The Balaban J connectivity index is 2.27. The molecular weight excluding hydrogens is 174 g/mol. The van der Waals surface area contributed by atoms with Gasteiger partial charge in [-0.3, -0.25) is 0 Å². The summed E-state index contributed by atoms with van der Waals surface area (Å²) >= 11 is 0. The zero-order chi connectivity index (χ0) is 9.86. The van der Waals surface area contributed by atoms with Crippen molar-refractivity contribution in [1.82, 2.24) is 15.3 Å². The van der Waals surface area contributed by atoms with Crippen LogP contribution in [0.3, 0.4) is 0 Å². The number of nitrogens with zero attached hydrogens (tertiary/aromatic N) is 2. The molecule has 0 atom stereocenters. The first kappa shape index (κ1) is 9.59. The van der Waals surface area contributed by atoms with Crippen LogP contribution in [-0.2, 0) is 5.41 Å². The summed E-state index contributed by atoms with van der Waals surface area (Å²) in [6.07, 6.45) is 7.16. The van der Waals surface area contributed by atoms with Gasteiger partial charge in [0.15, 0.2) is 0 Å². The van der Waals surface area contributed by atoms with E-state index >= 15 is 0 Å². The van der Waals surface area contributed by atoms with Crippen molar-refractivity contribution < 1.29 is 0 Å². The normalized spacial score (nSPS) is 20.6. The van der Waals surface area contributed by atoms with Gasteiger partial charge in [-0.15, -0.1) is 0 Å². The molecule has 0 saturated carbocycles. The van der Waals surface area contributed by atoms with E-state index in [-0.39, 0.29) is 5.41 Å². The van der Waals surface area contributed by atoms with Crippen molar-refractivity contribution in [2.75, 3.05) is 13.1 Å². The van der Waals surface area contributed by atoms with Crippen LogP contribution < -0.4 is 5.32 Å². The van der Waals surface area contributed by atoms with Crippen molar-refractivity contribution in [3.8, 4) is 0 Å². The molecule has 0 aromatic carbocycles. The van der Waals surface area contributed by atoms with Gasteiger partial charge in [0.1, 0.15) is 5.82 Å². The monoisotopic (exact) mass is 191 g/mol. The maximum atomic E-state index is 4.41. The molecular formula is C11H17N3. The highest BCUT2D eigenvalue weighted by atomic mass is 14.9. The number of hydrogen-bond donors (Lipinski definition) is 1. The second kappa shape index (κ2) is 4.05. The van der Waals surface area contributed by atoms with Crippen molar-refractivity contribution >= 4 is 0 Å². The largest absolute Gasteiger partial charge is 0.317 e. The van der Waals surface area contributed by atoms with E-state index in [4.69, 9.17) is 0 Å². The quantitative estimate of drug-likeness (QED) is 0.770. The zero-order valence-corrected chi connectivity index (χ0v) is 8.66. The number of hydrogen-bond acceptors (Lipinski definition) is 3. The molecule has 0 unspecified atom stereocenters.